The van der Waals surface area contributed by atoms with Crippen molar-refractivity contribution in [3.63, 3.8) is 0 Å². The number of pyridine rings is 1. The molecule has 1 aromatic heterocycles. The monoisotopic (exact) mass is 464 g/mol. The van der Waals surface area contributed by atoms with Gasteiger partial charge in [0.25, 0.3) is 0 Å². The van der Waals surface area contributed by atoms with Gasteiger partial charge in [-0.15, -0.1) is 0 Å². The van der Waals surface area contributed by atoms with E-state index in [0.29, 0.717) is 26.1 Å². The molecule has 2 heterocycles. The number of carbonyl (C=O) groups is 1. The first-order chi connectivity index (χ1) is 16.0. The van der Waals surface area contributed by atoms with Gasteiger partial charge >= 0.3 is 0 Å². The second-order valence-corrected chi connectivity index (χ2v) is 9.93. The summed E-state index contributed by atoms with van der Waals surface area (Å²) >= 11 is 0. The van der Waals surface area contributed by atoms with E-state index < -0.39 is 10.0 Å². The van der Waals surface area contributed by atoms with Crippen LogP contribution < -0.4 is 15.4 Å². The molecule has 172 valence electrons. The van der Waals surface area contributed by atoms with Crippen molar-refractivity contribution in [2.24, 2.45) is 5.92 Å². The Morgan fingerprint density at radius 2 is 1.64 bits per heavy atom. The highest BCUT2D eigenvalue weighted by Gasteiger charge is 2.30. The van der Waals surface area contributed by atoms with Crippen LogP contribution in [0.2, 0.25) is 0 Å². The van der Waals surface area contributed by atoms with Crippen LogP contribution in [-0.4, -0.2) is 45.0 Å². The molecule has 2 atom stereocenters. The molecule has 1 saturated heterocycles. The fourth-order valence-corrected chi connectivity index (χ4v) is 5.38. The SMILES string of the molecule is O=C(NCC(c1ccccc1)c1ccccc1)C1CNCC(NS(=O)(=O)c2cccnc2)C1. The standard InChI is InChI=1S/C25H28N4O3S/c30-25(28-18-24(19-8-3-1-4-9-19)20-10-5-2-6-11-20)21-14-22(16-27-15-21)29-33(31,32)23-12-7-13-26-17-23/h1-13,17,21-22,24,27,29H,14-16,18H2,(H,28,30). The smallest absolute Gasteiger partial charge is 0.242 e. The van der Waals surface area contributed by atoms with Gasteiger partial charge in [0.1, 0.15) is 4.90 Å². The van der Waals surface area contributed by atoms with Crippen LogP contribution in [0.3, 0.4) is 0 Å². The number of piperidine rings is 1. The molecule has 0 spiro atoms. The van der Waals surface area contributed by atoms with Crippen molar-refractivity contribution >= 4 is 15.9 Å². The van der Waals surface area contributed by atoms with E-state index in [9.17, 15) is 13.2 Å². The number of carbonyl (C=O) groups excluding carboxylic acids is 1. The molecule has 33 heavy (non-hydrogen) atoms. The van der Waals surface area contributed by atoms with E-state index in [4.69, 9.17) is 0 Å². The first-order valence-corrected chi connectivity index (χ1v) is 12.5. The van der Waals surface area contributed by atoms with Gasteiger partial charge in [-0.05, 0) is 29.7 Å². The maximum Gasteiger partial charge on any atom is 0.242 e. The third-order valence-corrected chi connectivity index (χ3v) is 7.38. The van der Waals surface area contributed by atoms with Crippen molar-refractivity contribution in [3.05, 3.63) is 96.3 Å². The van der Waals surface area contributed by atoms with Crippen molar-refractivity contribution in [3.8, 4) is 0 Å². The number of rotatable bonds is 8. The maximum atomic E-state index is 13.0. The normalized spacial score (nSPS) is 18.7. The molecule has 1 amide bonds. The van der Waals surface area contributed by atoms with Crippen LogP contribution in [0.15, 0.2) is 90.1 Å². The lowest BCUT2D eigenvalue weighted by molar-refractivity contribution is -0.125. The number of hydrogen-bond acceptors (Lipinski definition) is 5. The Bertz CT molecular complexity index is 1100. The lowest BCUT2D eigenvalue weighted by atomic mass is 9.90. The van der Waals surface area contributed by atoms with Crippen molar-refractivity contribution < 1.29 is 13.2 Å². The van der Waals surface area contributed by atoms with E-state index in [1.165, 1.54) is 18.5 Å². The summed E-state index contributed by atoms with van der Waals surface area (Å²) in [5, 5.41) is 6.29. The first kappa shape index (κ1) is 23.1. The van der Waals surface area contributed by atoms with Crippen molar-refractivity contribution in [1.82, 2.24) is 20.3 Å². The number of amides is 1. The molecule has 0 saturated carbocycles. The fraction of sp³-hybridized carbons (Fsp3) is 0.280. The van der Waals surface area contributed by atoms with Crippen molar-refractivity contribution in [2.45, 2.75) is 23.3 Å². The number of nitrogens with one attached hydrogen (secondary N) is 3. The zero-order valence-electron chi connectivity index (χ0n) is 18.2. The minimum absolute atomic E-state index is 0.0350. The van der Waals surface area contributed by atoms with Gasteiger partial charge < -0.3 is 10.6 Å². The predicted molar refractivity (Wildman–Crippen MR) is 127 cm³/mol. The Hall–Kier alpha value is -3.07. The van der Waals surface area contributed by atoms with Gasteiger partial charge in [0.15, 0.2) is 0 Å². The summed E-state index contributed by atoms with van der Waals surface area (Å²) in [5.41, 5.74) is 2.26. The van der Waals surface area contributed by atoms with E-state index in [1.807, 2.05) is 36.4 Å². The molecule has 1 aliphatic heterocycles. The Balaban J connectivity index is 1.39. The number of nitrogens with zero attached hydrogens (tertiary/aromatic N) is 1. The minimum Gasteiger partial charge on any atom is -0.355 e. The quantitative estimate of drug-likeness (QED) is 0.475. The number of sulfonamides is 1. The zero-order valence-corrected chi connectivity index (χ0v) is 19.0. The van der Waals surface area contributed by atoms with Crippen molar-refractivity contribution in [2.75, 3.05) is 19.6 Å². The van der Waals surface area contributed by atoms with Crippen LogP contribution in [0.5, 0.6) is 0 Å². The molecule has 2 unspecified atom stereocenters. The van der Waals surface area contributed by atoms with Gasteiger partial charge in [-0.1, -0.05) is 60.7 Å². The summed E-state index contributed by atoms with van der Waals surface area (Å²) in [7, 11) is -3.69. The second-order valence-electron chi connectivity index (χ2n) is 8.22. The lowest BCUT2D eigenvalue weighted by Crippen LogP contribution is -2.52. The molecule has 4 rings (SSSR count). The van der Waals surface area contributed by atoms with Crippen LogP contribution in [0, 0.1) is 5.92 Å². The average Bonchev–Trinajstić information content (AvgIpc) is 2.86. The van der Waals surface area contributed by atoms with E-state index in [2.05, 4.69) is 44.6 Å². The molecular weight excluding hydrogens is 436 g/mol. The van der Waals surface area contributed by atoms with E-state index in [0.717, 1.165) is 11.1 Å². The lowest BCUT2D eigenvalue weighted by Gasteiger charge is -2.30. The fourth-order valence-electron chi connectivity index (χ4n) is 4.17. The molecular formula is C25H28N4O3S. The predicted octanol–water partition coefficient (Wildman–Crippen LogP) is 2.29. The Kier molecular flexibility index (Phi) is 7.49. The summed E-state index contributed by atoms with van der Waals surface area (Å²) < 4.78 is 28.0. The Labute approximate surface area is 194 Å². The minimum atomic E-state index is -3.69. The summed E-state index contributed by atoms with van der Waals surface area (Å²) in [4.78, 5) is 17.0. The van der Waals surface area contributed by atoms with E-state index >= 15 is 0 Å². The molecule has 7 nitrogen and oxygen atoms in total. The highest BCUT2D eigenvalue weighted by atomic mass is 32.2. The summed E-state index contributed by atoms with van der Waals surface area (Å²) in [6.45, 7) is 1.45. The van der Waals surface area contributed by atoms with Crippen LogP contribution in [0.1, 0.15) is 23.5 Å². The third-order valence-electron chi connectivity index (χ3n) is 5.87. The van der Waals surface area contributed by atoms with Gasteiger partial charge in [-0.2, -0.15) is 0 Å². The number of hydrogen-bond donors (Lipinski definition) is 3. The van der Waals surface area contributed by atoms with Crippen LogP contribution in [0.25, 0.3) is 0 Å². The summed E-state index contributed by atoms with van der Waals surface area (Å²) in [6, 6.07) is 22.9. The zero-order chi connectivity index (χ0) is 23.1. The highest BCUT2D eigenvalue weighted by Crippen LogP contribution is 2.24. The largest absolute Gasteiger partial charge is 0.355 e. The topological polar surface area (TPSA) is 100 Å². The average molecular weight is 465 g/mol. The van der Waals surface area contributed by atoms with E-state index in [-0.39, 0.29) is 28.7 Å². The highest BCUT2D eigenvalue weighted by molar-refractivity contribution is 7.89. The van der Waals surface area contributed by atoms with Gasteiger partial charge in [0.05, 0.1) is 5.92 Å². The number of aromatic nitrogens is 1. The van der Waals surface area contributed by atoms with Crippen LogP contribution in [0.4, 0.5) is 0 Å². The van der Waals surface area contributed by atoms with Crippen LogP contribution >= 0.6 is 0 Å². The maximum absolute atomic E-state index is 13.0. The third kappa shape index (κ3) is 6.04. The first-order valence-electron chi connectivity index (χ1n) is 11.0. The molecule has 0 bridgehead atoms. The second kappa shape index (κ2) is 10.7. The molecule has 1 aliphatic rings. The molecule has 8 heteroatoms. The van der Waals surface area contributed by atoms with Gasteiger partial charge in [0.2, 0.25) is 15.9 Å². The van der Waals surface area contributed by atoms with Gasteiger partial charge in [-0.25, -0.2) is 13.1 Å². The summed E-state index contributed by atoms with van der Waals surface area (Å²) in [5.74, 6) is -0.370. The number of benzene rings is 2. The van der Waals surface area contributed by atoms with Gasteiger partial charge in [0, 0.05) is 44.0 Å². The van der Waals surface area contributed by atoms with Gasteiger partial charge in [-0.3, -0.25) is 9.78 Å². The van der Waals surface area contributed by atoms with Crippen LogP contribution in [-0.2, 0) is 14.8 Å². The molecule has 2 aromatic carbocycles. The molecule has 3 aromatic rings. The summed E-state index contributed by atoms with van der Waals surface area (Å²) in [6.07, 6.45) is 3.27. The van der Waals surface area contributed by atoms with E-state index in [1.54, 1.807) is 6.07 Å². The van der Waals surface area contributed by atoms with Crippen molar-refractivity contribution in [1.29, 1.82) is 0 Å². The Morgan fingerprint density at radius 1 is 0.970 bits per heavy atom. The molecule has 0 aliphatic carbocycles. The Morgan fingerprint density at radius 3 is 2.24 bits per heavy atom. The molecule has 1 fully saturated rings. The molecule has 0 radical (unpaired) electrons. The molecule has 3 N–H and O–H groups in total.